The largest absolute Gasteiger partial charge is 0.478 e. The monoisotopic (exact) mass is 213 g/mol. The van der Waals surface area contributed by atoms with Crippen molar-refractivity contribution in [3.63, 3.8) is 0 Å². The molecule has 15 heavy (non-hydrogen) atoms. The summed E-state index contributed by atoms with van der Waals surface area (Å²) in [5, 5.41) is 8.76. The third-order valence-corrected chi connectivity index (χ3v) is 2.37. The second kappa shape index (κ2) is 6.22. The maximum atomic E-state index is 11.8. The van der Waals surface area contributed by atoms with E-state index in [1.807, 2.05) is 13.8 Å². The molecule has 0 aromatic rings. The average molecular weight is 213 g/mol. The van der Waals surface area contributed by atoms with Gasteiger partial charge in [-0.05, 0) is 27.2 Å². The maximum Gasteiger partial charge on any atom is 0.331 e. The van der Waals surface area contributed by atoms with E-state index in [4.69, 9.17) is 5.11 Å². The lowest BCUT2D eigenvalue weighted by Gasteiger charge is -2.20. The lowest BCUT2D eigenvalue weighted by Crippen LogP contribution is -2.32. The second-order valence-electron chi connectivity index (χ2n) is 3.44. The molecule has 0 spiro atoms. The minimum absolute atomic E-state index is 0.120. The summed E-state index contributed by atoms with van der Waals surface area (Å²) in [6.45, 7) is 8.16. The van der Waals surface area contributed by atoms with E-state index in [1.165, 1.54) is 6.92 Å². The number of likely N-dealkylation sites (N-methyl/N-ethyl adjacent to an activating group) is 1. The molecule has 0 atom stereocenters. The molecule has 0 bridgehead atoms. The molecule has 0 fully saturated rings. The van der Waals surface area contributed by atoms with Crippen molar-refractivity contribution in [1.82, 2.24) is 4.90 Å². The van der Waals surface area contributed by atoms with Crippen molar-refractivity contribution in [3.8, 4) is 0 Å². The van der Waals surface area contributed by atoms with Gasteiger partial charge in [-0.3, -0.25) is 4.79 Å². The van der Waals surface area contributed by atoms with Gasteiger partial charge in [-0.1, -0.05) is 6.92 Å². The molecule has 0 aromatic carbocycles. The summed E-state index contributed by atoms with van der Waals surface area (Å²) in [6, 6.07) is 0. The molecular weight excluding hydrogens is 194 g/mol. The van der Waals surface area contributed by atoms with Crippen LogP contribution in [-0.2, 0) is 9.59 Å². The fourth-order valence-corrected chi connectivity index (χ4v) is 1.23. The van der Waals surface area contributed by atoms with Crippen LogP contribution in [0, 0.1) is 0 Å². The first-order valence-electron chi connectivity index (χ1n) is 5.15. The standard InChI is InChI=1S/C11H19NO3/c1-5-7-12(6-2)10(13)8(3)9(4)11(14)15/h5-7H2,1-4H3,(H,14,15). The number of aliphatic carboxylic acids is 1. The van der Waals surface area contributed by atoms with Gasteiger partial charge in [-0.25, -0.2) is 4.79 Å². The molecule has 0 heterocycles. The van der Waals surface area contributed by atoms with Crippen molar-refractivity contribution in [2.24, 2.45) is 0 Å². The third-order valence-electron chi connectivity index (χ3n) is 2.37. The van der Waals surface area contributed by atoms with Crippen LogP contribution in [0.25, 0.3) is 0 Å². The highest BCUT2D eigenvalue weighted by molar-refractivity contribution is 6.01. The average Bonchev–Trinajstić information content (AvgIpc) is 2.22. The molecule has 4 nitrogen and oxygen atoms in total. The number of amides is 1. The van der Waals surface area contributed by atoms with E-state index < -0.39 is 5.97 Å². The quantitative estimate of drug-likeness (QED) is 0.707. The topological polar surface area (TPSA) is 57.6 Å². The Balaban J connectivity index is 4.83. The summed E-state index contributed by atoms with van der Waals surface area (Å²) in [5.74, 6) is -1.22. The molecule has 0 radical (unpaired) electrons. The Morgan fingerprint density at radius 3 is 2.00 bits per heavy atom. The van der Waals surface area contributed by atoms with E-state index in [0.717, 1.165) is 6.42 Å². The van der Waals surface area contributed by atoms with Crippen LogP contribution >= 0.6 is 0 Å². The van der Waals surface area contributed by atoms with Gasteiger partial charge < -0.3 is 10.0 Å². The predicted octanol–water partition coefficient (Wildman–Crippen LogP) is 1.67. The van der Waals surface area contributed by atoms with Crippen molar-refractivity contribution in [3.05, 3.63) is 11.1 Å². The van der Waals surface area contributed by atoms with Crippen molar-refractivity contribution >= 4 is 11.9 Å². The Hall–Kier alpha value is -1.32. The summed E-state index contributed by atoms with van der Waals surface area (Å²) in [7, 11) is 0. The fourth-order valence-electron chi connectivity index (χ4n) is 1.23. The van der Waals surface area contributed by atoms with Crippen LogP contribution < -0.4 is 0 Å². The minimum Gasteiger partial charge on any atom is -0.478 e. The molecule has 1 N–H and O–H groups in total. The van der Waals surface area contributed by atoms with E-state index in [2.05, 4.69) is 0 Å². The normalized spacial score (nSPS) is 12.0. The summed E-state index contributed by atoms with van der Waals surface area (Å²) in [5.41, 5.74) is 0.437. The van der Waals surface area contributed by atoms with E-state index >= 15 is 0 Å². The van der Waals surface area contributed by atoms with Gasteiger partial charge in [0, 0.05) is 24.2 Å². The predicted molar refractivity (Wildman–Crippen MR) is 58.6 cm³/mol. The highest BCUT2D eigenvalue weighted by Crippen LogP contribution is 2.08. The number of carboxylic acid groups (broad SMARTS) is 1. The SMILES string of the molecule is CCCN(CC)C(=O)C(C)=C(C)C(=O)O. The molecule has 0 saturated carbocycles. The van der Waals surface area contributed by atoms with Crippen molar-refractivity contribution in [1.29, 1.82) is 0 Å². The number of rotatable bonds is 5. The van der Waals surface area contributed by atoms with Gasteiger partial charge in [0.25, 0.3) is 0 Å². The second-order valence-corrected chi connectivity index (χ2v) is 3.44. The van der Waals surface area contributed by atoms with E-state index in [-0.39, 0.29) is 11.5 Å². The molecule has 0 aliphatic carbocycles. The Bertz CT molecular complexity index is 282. The summed E-state index contributed by atoms with van der Waals surface area (Å²) >= 11 is 0. The molecule has 86 valence electrons. The van der Waals surface area contributed by atoms with Crippen LogP contribution in [0.2, 0.25) is 0 Å². The number of carbonyl (C=O) groups excluding carboxylic acids is 1. The molecule has 0 aliphatic rings. The Labute approximate surface area is 90.6 Å². The number of carboxylic acids is 1. The zero-order chi connectivity index (χ0) is 12.0. The maximum absolute atomic E-state index is 11.8. The molecule has 0 saturated heterocycles. The van der Waals surface area contributed by atoms with Crippen LogP contribution in [0.15, 0.2) is 11.1 Å². The first-order chi connectivity index (χ1) is 6.95. The van der Waals surface area contributed by atoms with Crippen LogP contribution in [-0.4, -0.2) is 35.0 Å². The third kappa shape index (κ3) is 3.73. The first-order valence-corrected chi connectivity index (χ1v) is 5.15. The van der Waals surface area contributed by atoms with E-state index in [0.29, 0.717) is 18.7 Å². The molecule has 0 unspecified atom stereocenters. The smallest absolute Gasteiger partial charge is 0.331 e. The number of carbonyl (C=O) groups is 2. The summed E-state index contributed by atoms with van der Waals surface area (Å²) < 4.78 is 0. The number of nitrogens with zero attached hydrogens (tertiary/aromatic N) is 1. The lowest BCUT2D eigenvalue weighted by molar-refractivity contribution is -0.133. The zero-order valence-electron chi connectivity index (χ0n) is 9.83. The van der Waals surface area contributed by atoms with Gasteiger partial charge in [0.15, 0.2) is 0 Å². The number of hydrogen-bond acceptors (Lipinski definition) is 2. The van der Waals surface area contributed by atoms with Gasteiger partial charge in [0.05, 0.1) is 0 Å². The van der Waals surface area contributed by atoms with Crippen LogP contribution in [0.4, 0.5) is 0 Å². The van der Waals surface area contributed by atoms with Gasteiger partial charge in [-0.15, -0.1) is 0 Å². The Kier molecular flexibility index (Phi) is 5.67. The first kappa shape index (κ1) is 13.7. The molecule has 0 rings (SSSR count). The summed E-state index contributed by atoms with van der Waals surface area (Å²) in [4.78, 5) is 24.2. The van der Waals surface area contributed by atoms with Gasteiger partial charge >= 0.3 is 5.97 Å². The van der Waals surface area contributed by atoms with Gasteiger partial charge in [0.1, 0.15) is 0 Å². The van der Waals surface area contributed by atoms with Crippen molar-refractivity contribution in [2.45, 2.75) is 34.1 Å². The fraction of sp³-hybridized carbons (Fsp3) is 0.636. The van der Waals surface area contributed by atoms with E-state index in [1.54, 1.807) is 11.8 Å². The van der Waals surface area contributed by atoms with Gasteiger partial charge in [-0.2, -0.15) is 0 Å². The highest BCUT2D eigenvalue weighted by atomic mass is 16.4. The zero-order valence-corrected chi connectivity index (χ0v) is 9.83. The van der Waals surface area contributed by atoms with E-state index in [9.17, 15) is 9.59 Å². The van der Waals surface area contributed by atoms with Gasteiger partial charge in [0.2, 0.25) is 5.91 Å². The van der Waals surface area contributed by atoms with Crippen molar-refractivity contribution < 1.29 is 14.7 Å². The molecule has 0 aliphatic heterocycles. The summed E-state index contributed by atoms with van der Waals surface area (Å²) in [6.07, 6.45) is 0.874. The highest BCUT2D eigenvalue weighted by Gasteiger charge is 2.17. The van der Waals surface area contributed by atoms with Crippen LogP contribution in [0.3, 0.4) is 0 Å². The van der Waals surface area contributed by atoms with Crippen molar-refractivity contribution in [2.75, 3.05) is 13.1 Å². The molecule has 0 aromatic heterocycles. The number of hydrogen-bond donors (Lipinski definition) is 1. The molecule has 1 amide bonds. The lowest BCUT2D eigenvalue weighted by atomic mass is 10.1. The Morgan fingerprint density at radius 1 is 1.13 bits per heavy atom. The minimum atomic E-state index is -1.03. The Morgan fingerprint density at radius 2 is 1.67 bits per heavy atom. The molecule has 4 heteroatoms. The van der Waals surface area contributed by atoms with Crippen LogP contribution in [0.5, 0.6) is 0 Å². The van der Waals surface area contributed by atoms with Crippen LogP contribution in [0.1, 0.15) is 34.1 Å². The molecular formula is C11H19NO3.